The predicted molar refractivity (Wildman–Crippen MR) is 65.7 cm³/mol. The fraction of sp³-hybridized carbons (Fsp3) is 0.214. The highest BCUT2D eigenvalue weighted by molar-refractivity contribution is 5.66. The number of methoxy groups -OCH3 is 1. The van der Waals surface area contributed by atoms with Gasteiger partial charge in [-0.25, -0.2) is 0 Å². The molecular formula is C14H15NO. The molecule has 82 valence electrons. The summed E-state index contributed by atoms with van der Waals surface area (Å²) in [6.07, 6.45) is 1.81. The first-order valence-electron chi connectivity index (χ1n) is 5.29. The Morgan fingerprint density at radius 1 is 1.06 bits per heavy atom. The number of hydrogen-bond acceptors (Lipinski definition) is 2. The van der Waals surface area contributed by atoms with Gasteiger partial charge in [-0.15, -0.1) is 0 Å². The molecule has 0 unspecified atom stereocenters. The van der Waals surface area contributed by atoms with Crippen molar-refractivity contribution in [2.24, 2.45) is 0 Å². The Morgan fingerprint density at radius 2 is 1.88 bits per heavy atom. The van der Waals surface area contributed by atoms with Crippen molar-refractivity contribution in [2.45, 2.75) is 13.8 Å². The average Bonchev–Trinajstić information content (AvgIpc) is 2.30. The summed E-state index contributed by atoms with van der Waals surface area (Å²) in [4.78, 5) is 4.36. The van der Waals surface area contributed by atoms with Gasteiger partial charge in [0, 0.05) is 11.8 Å². The Kier molecular flexibility index (Phi) is 2.91. The lowest BCUT2D eigenvalue weighted by molar-refractivity contribution is 0.412. The molecule has 0 saturated carbocycles. The number of ether oxygens (including phenoxy) is 1. The number of nitrogens with zero attached hydrogens (tertiary/aromatic N) is 1. The Balaban J connectivity index is 2.57. The van der Waals surface area contributed by atoms with Gasteiger partial charge in [0.05, 0.1) is 12.8 Å². The number of pyridine rings is 1. The van der Waals surface area contributed by atoms with Gasteiger partial charge < -0.3 is 4.74 Å². The molecule has 2 rings (SSSR count). The van der Waals surface area contributed by atoms with Gasteiger partial charge in [0.1, 0.15) is 5.75 Å². The molecule has 0 atom stereocenters. The minimum Gasteiger partial charge on any atom is -0.496 e. The normalized spacial score (nSPS) is 10.2. The summed E-state index contributed by atoms with van der Waals surface area (Å²) in [6, 6.07) is 10.1. The van der Waals surface area contributed by atoms with E-state index in [9.17, 15) is 0 Å². The van der Waals surface area contributed by atoms with Crippen LogP contribution in [0.4, 0.5) is 0 Å². The summed E-state index contributed by atoms with van der Waals surface area (Å²) in [5, 5.41) is 0. The molecule has 0 amide bonds. The van der Waals surface area contributed by atoms with Crippen molar-refractivity contribution in [3.63, 3.8) is 0 Å². The van der Waals surface area contributed by atoms with E-state index in [-0.39, 0.29) is 0 Å². The summed E-state index contributed by atoms with van der Waals surface area (Å²) in [7, 11) is 1.69. The van der Waals surface area contributed by atoms with Gasteiger partial charge >= 0.3 is 0 Å². The zero-order valence-electron chi connectivity index (χ0n) is 9.82. The highest BCUT2D eigenvalue weighted by atomic mass is 16.5. The molecule has 1 aromatic heterocycles. The van der Waals surface area contributed by atoms with Crippen LogP contribution in [0.25, 0.3) is 11.3 Å². The molecule has 1 aromatic carbocycles. The molecule has 2 heteroatoms. The Bertz CT molecular complexity index is 492. The molecule has 0 aliphatic carbocycles. The third-order valence-corrected chi connectivity index (χ3v) is 2.68. The first-order chi connectivity index (χ1) is 7.72. The van der Waals surface area contributed by atoms with Crippen LogP contribution in [0.15, 0.2) is 36.5 Å². The topological polar surface area (TPSA) is 22.1 Å². The van der Waals surface area contributed by atoms with Gasteiger partial charge in [0.25, 0.3) is 0 Å². The molecule has 0 aliphatic heterocycles. The summed E-state index contributed by atoms with van der Waals surface area (Å²) >= 11 is 0. The molecule has 0 saturated heterocycles. The quantitative estimate of drug-likeness (QED) is 0.763. The van der Waals surface area contributed by atoms with Crippen LogP contribution in [0.2, 0.25) is 0 Å². The maximum atomic E-state index is 5.33. The van der Waals surface area contributed by atoms with Gasteiger partial charge in [-0.05, 0) is 43.2 Å². The molecule has 1 heterocycles. The van der Waals surface area contributed by atoms with Gasteiger partial charge in [-0.2, -0.15) is 0 Å². The number of rotatable bonds is 2. The molecule has 0 N–H and O–H groups in total. The van der Waals surface area contributed by atoms with Gasteiger partial charge in [-0.3, -0.25) is 4.98 Å². The van der Waals surface area contributed by atoms with Crippen LogP contribution in [0.3, 0.4) is 0 Å². The third kappa shape index (κ3) is 1.91. The van der Waals surface area contributed by atoms with Crippen molar-refractivity contribution in [1.82, 2.24) is 4.98 Å². The lowest BCUT2D eigenvalue weighted by Crippen LogP contribution is -1.92. The number of hydrogen-bond donors (Lipinski definition) is 0. The number of aromatic nitrogens is 1. The van der Waals surface area contributed by atoms with Crippen molar-refractivity contribution in [1.29, 1.82) is 0 Å². The van der Waals surface area contributed by atoms with E-state index in [0.717, 1.165) is 22.6 Å². The molecule has 2 aromatic rings. The highest BCUT2D eigenvalue weighted by Crippen LogP contribution is 2.28. The van der Waals surface area contributed by atoms with Gasteiger partial charge in [0.2, 0.25) is 0 Å². The Morgan fingerprint density at radius 3 is 2.50 bits per heavy atom. The molecular weight excluding hydrogens is 198 g/mol. The predicted octanol–water partition coefficient (Wildman–Crippen LogP) is 3.37. The maximum absolute atomic E-state index is 5.33. The molecule has 16 heavy (non-hydrogen) atoms. The lowest BCUT2D eigenvalue weighted by atomic mass is 10.0. The third-order valence-electron chi connectivity index (χ3n) is 2.68. The first-order valence-corrected chi connectivity index (χ1v) is 5.29. The minimum atomic E-state index is 0.909. The number of aryl methyl sites for hydroxylation is 2. The Labute approximate surface area is 95.9 Å². The van der Waals surface area contributed by atoms with Crippen LogP contribution >= 0.6 is 0 Å². The molecule has 2 nitrogen and oxygen atoms in total. The number of benzene rings is 1. The van der Waals surface area contributed by atoms with Crippen LogP contribution in [0.1, 0.15) is 11.1 Å². The fourth-order valence-corrected chi connectivity index (χ4v) is 1.85. The molecule has 0 radical (unpaired) electrons. The monoisotopic (exact) mass is 213 g/mol. The van der Waals surface area contributed by atoms with Crippen LogP contribution in [-0.4, -0.2) is 12.1 Å². The van der Waals surface area contributed by atoms with E-state index in [1.807, 2.05) is 31.2 Å². The summed E-state index contributed by atoms with van der Waals surface area (Å²) in [5.74, 6) is 0.909. The minimum absolute atomic E-state index is 0.909. The standard InChI is InChI=1S/C14H15NO/c1-10-8-11(2)14(16-3)9-12(10)13-6-4-5-7-15-13/h4-9H,1-3H3. The van der Waals surface area contributed by atoms with Crippen molar-refractivity contribution < 1.29 is 4.74 Å². The molecule has 0 fully saturated rings. The van der Waals surface area contributed by atoms with Gasteiger partial charge in [-0.1, -0.05) is 12.1 Å². The van der Waals surface area contributed by atoms with Crippen LogP contribution in [0.5, 0.6) is 5.75 Å². The first kappa shape index (κ1) is 10.7. The smallest absolute Gasteiger partial charge is 0.122 e. The van der Waals surface area contributed by atoms with E-state index < -0.39 is 0 Å². The highest BCUT2D eigenvalue weighted by Gasteiger charge is 2.07. The van der Waals surface area contributed by atoms with E-state index in [1.165, 1.54) is 5.56 Å². The zero-order valence-corrected chi connectivity index (χ0v) is 9.82. The Hall–Kier alpha value is -1.83. The van der Waals surface area contributed by atoms with E-state index in [0.29, 0.717) is 0 Å². The summed E-state index contributed by atoms with van der Waals surface area (Å²) in [6.45, 7) is 4.14. The van der Waals surface area contributed by atoms with Crippen LogP contribution in [-0.2, 0) is 0 Å². The van der Waals surface area contributed by atoms with Gasteiger partial charge in [0.15, 0.2) is 0 Å². The van der Waals surface area contributed by atoms with Crippen molar-refractivity contribution in [3.8, 4) is 17.0 Å². The zero-order chi connectivity index (χ0) is 11.5. The fourth-order valence-electron chi connectivity index (χ4n) is 1.85. The molecule has 0 spiro atoms. The van der Waals surface area contributed by atoms with E-state index >= 15 is 0 Å². The van der Waals surface area contributed by atoms with Crippen molar-refractivity contribution in [2.75, 3.05) is 7.11 Å². The van der Waals surface area contributed by atoms with Crippen LogP contribution < -0.4 is 4.74 Å². The lowest BCUT2D eigenvalue weighted by Gasteiger charge is -2.10. The van der Waals surface area contributed by atoms with E-state index in [4.69, 9.17) is 4.74 Å². The SMILES string of the molecule is COc1cc(-c2ccccn2)c(C)cc1C. The molecule has 0 bridgehead atoms. The van der Waals surface area contributed by atoms with E-state index in [2.05, 4.69) is 18.0 Å². The second-order valence-corrected chi connectivity index (χ2v) is 3.85. The van der Waals surface area contributed by atoms with Crippen LogP contribution in [0, 0.1) is 13.8 Å². The second-order valence-electron chi connectivity index (χ2n) is 3.85. The summed E-state index contributed by atoms with van der Waals surface area (Å²) < 4.78 is 5.33. The largest absolute Gasteiger partial charge is 0.496 e. The second kappa shape index (κ2) is 4.35. The maximum Gasteiger partial charge on any atom is 0.122 e. The van der Waals surface area contributed by atoms with E-state index in [1.54, 1.807) is 13.3 Å². The molecule has 0 aliphatic rings. The summed E-state index contributed by atoms with van der Waals surface area (Å²) in [5.41, 5.74) is 4.48. The van der Waals surface area contributed by atoms with Crippen molar-refractivity contribution in [3.05, 3.63) is 47.7 Å². The average molecular weight is 213 g/mol. The van der Waals surface area contributed by atoms with Crippen molar-refractivity contribution >= 4 is 0 Å².